The largest absolute Gasteiger partial charge is 0.418 e. The fraction of sp³-hybridized carbons (Fsp3) is 0.158. The summed E-state index contributed by atoms with van der Waals surface area (Å²) in [5.41, 5.74) is 0.575. The lowest BCUT2D eigenvalue weighted by molar-refractivity contribution is -0.137. The van der Waals surface area contributed by atoms with E-state index < -0.39 is 11.7 Å². The van der Waals surface area contributed by atoms with Crippen LogP contribution in [0.15, 0.2) is 60.9 Å². The Morgan fingerprint density at radius 3 is 2.57 bits per heavy atom. The third-order valence-electron chi connectivity index (χ3n) is 4.29. The SMILES string of the molecule is C[C@H](Nc1nnc2cc(-c3ncccc3C(F)(F)F)cnn12)c1ccccc1. The van der Waals surface area contributed by atoms with Gasteiger partial charge in [-0.3, -0.25) is 4.98 Å². The van der Waals surface area contributed by atoms with Crippen molar-refractivity contribution >= 4 is 11.6 Å². The van der Waals surface area contributed by atoms with Crippen LogP contribution < -0.4 is 5.32 Å². The van der Waals surface area contributed by atoms with Crippen LogP contribution in [0.25, 0.3) is 16.9 Å². The molecule has 0 radical (unpaired) electrons. The van der Waals surface area contributed by atoms with Gasteiger partial charge < -0.3 is 5.32 Å². The molecule has 4 aromatic rings. The van der Waals surface area contributed by atoms with Crippen LogP contribution in [-0.4, -0.2) is 24.8 Å². The summed E-state index contributed by atoms with van der Waals surface area (Å²) in [4.78, 5) is 3.88. The van der Waals surface area contributed by atoms with E-state index in [1.165, 1.54) is 29.0 Å². The molecular formula is C19H15F3N6. The third-order valence-corrected chi connectivity index (χ3v) is 4.29. The number of pyridine rings is 1. The molecule has 0 unspecified atom stereocenters. The number of fused-ring (bicyclic) bond motifs is 1. The number of anilines is 1. The number of benzene rings is 1. The van der Waals surface area contributed by atoms with Gasteiger partial charge in [0.05, 0.1) is 23.5 Å². The van der Waals surface area contributed by atoms with Crippen LogP contribution in [0.5, 0.6) is 0 Å². The fourth-order valence-corrected chi connectivity index (χ4v) is 2.89. The van der Waals surface area contributed by atoms with Crippen molar-refractivity contribution in [1.29, 1.82) is 0 Å². The van der Waals surface area contributed by atoms with Crippen molar-refractivity contribution in [2.75, 3.05) is 5.32 Å². The van der Waals surface area contributed by atoms with Crippen molar-refractivity contribution in [3.05, 3.63) is 72.1 Å². The molecule has 3 heterocycles. The van der Waals surface area contributed by atoms with Gasteiger partial charge in [0.2, 0.25) is 5.95 Å². The number of alkyl halides is 3. The average molecular weight is 384 g/mol. The highest BCUT2D eigenvalue weighted by molar-refractivity contribution is 5.67. The van der Waals surface area contributed by atoms with Gasteiger partial charge in [-0.1, -0.05) is 30.3 Å². The van der Waals surface area contributed by atoms with Gasteiger partial charge in [-0.05, 0) is 30.7 Å². The van der Waals surface area contributed by atoms with E-state index in [0.717, 1.165) is 11.6 Å². The first-order chi connectivity index (χ1) is 13.4. The van der Waals surface area contributed by atoms with Crippen LogP contribution in [0.1, 0.15) is 24.1 Å². The van der Waals surface area contributed by atoms with E-state index in [2.05, 4.69) is 25.6 Å². The molecule has 0 fully saturated rings. The lowest BCUT2D eigenvalue weighted by Gasteiger charge is -2.13. The number of nitrogens with one attached hydrogen (secondary N) is 1. The number of halogens is 3. The summed E-state index contributed by atoms with van der Waals surface area (Å²) in [6.45, 7) is 1.97. The molecule has 1 N–H and O–H groups in total. The Balaban J connectivity index is 1.68. The summed E-state index contributed by atoms with van der Waals surface area (Å²) >= 11 is 0. The van der Waals surface area contributed by atoms with Gasteiger partial charge in [0.15, 0.2) is 5.65 Å². The zero-order valence-electron chi connectivity index (χ0n) is 14.7. The maximum atomic E-state index is 13.3. The quantitative estimate of drug-likeness (QED) is 0.566. The molecule has 3 aromatic heterocycles. The van der Waals surface area contributed by atoms with Gasteiger partial charge in [0, 0.05) is 11.8 Å². The molecule has 1 aromatic carbocycles. The third kappa shape index (κ3) is 3.38. The van der Waals surface area contributed by atoms with Crippen molar-refractivity contribution in [3.63, 3.8) is 0 Å². The second kappa shape index (κ2) is 6.91. The van der Waals surface area contributed by atoms with Crippen molar-refractivity contribution in [1.82, 2.24) is 24.8 Å². The monoisotopic (exact) mass is 384 g/mol. The molecule has 28 heavy (non-hydrogen) atoms. The Kier molecular flexibility index (Phi) is 4.42. The topological polar surface area (TPSA) is 68.0 Å². The lowest BCUT2D eigenvalue weighted by atomic mass is 10.1. The molecule has 142 valence electrons. The van der Waals surface area contributed by atoms with Gasteiger partial charge in [0.1, 0.15) is 0 Å². The Hall–Kier alpha value is -3.49. The lowest BCUT2D eigenvalue weighted by Crippen LogP contribution is -2.10. The van der Waals surface area contributed by atoms with E-state index in [1.807, 2.05) is 37.3 Å². The molecule has 0 bridgehead atoms. The molecule has 0 saturated carbocycles. The molecule has 0 amide bonds. The first-order valence-corrected chi connectivity index (χ1v) is 8.49. The van der Waals surface area contributed by atoms with Crippen molar-refractivity contribution in [2.45, 2.75) is 19.1 Å². The molecule has 0 aliphatic carbocycles. The van der Waals surface area contributed by atoms with E-state index in [-0.39, 0.29) is 17.3 Å². The van der Waals surface area contributed by atoms with Gasteiger partial charge >= 0.3 is 6.18 Å². The van der Waals surface area contributed by atoms with Gasteiger partial charge in [-0.25, -0.2) is 0 Å². The smallest absolute Gasteiger partial charge is 0.346 e. The van der Waals surface area contributed by atoms with E-state index in [4.69, 9.17) is 0 Å². The molecule has 0 spiro atoms. The highest BCUT2D eigenvalue weighted by Crippen LogP contribution is 2.35. The van der Waals surface area contributed by atoms with E-state index in [9.17, 15) is 13.2 Å². The van der Waals surface area contributed by atoms with Crippen LogP contribution in [-0.2, 0) is 6.18 Å². The predicted molar refractivity (Wildman–Crippen MR) is 97.5 cm³/mol. The molecule has 0 aliphatic rings. The fourth-order valence-electron chi connectivity index (χ4n) is 2.89. The number of hydrogen-bond acceptors (Lipinski definition) is 5. The maximum absolute atomic E-state index is 13.3. The standard InChI is InChI=1S/C19H15F3N6/c1-12(13-6-3-2-4-7-13)25-18-27-26-16-10-14(11-24-28(16)18)17-15(19(20,21)22)8-5-9-23-17/h2-12H,1H3,(H,25,27)/t12-/m0/s1. The highest BCUT2D eigenvalue weighted by Gasteiger charge is 2.34. The molecule has 0 aliphatic heterocycles. The predicted octanol–water partition coefficient (Wildman–Crippen LogP) is 4.38. The van der Waals surface area contributed by atoms with Crippen molar-refractivity contribution in [3.8, 4) is 11.3 Å². The van der Waals surface area contributed by atoms with Crippen molar-refractivity contribution < 1.29 is 13.2 Å². The van der Waals surface area contributed by atoms with Crippen molar-refractivity contribution in [2.24, 2.45) is 0 Å². The Bertz CT molecular complexity index is 1110. The maximum Gasteiger partial charge on any atom is 0.418 e. The molecule has 6 nitrogen and oxygen atoms in total. The normalized spacial score (nSPS) is 12.9. The van der Waals surface area contributed by atoms with Crippen LogP contribution in [0.3, 0.4) is 0 Å². The summed E-state index contributed by atoms with van der Waals surface area (Å²) in [6, 6.07) is 13.4. The molecule has 4 rings (SSSR count). The number of rotatable bonds is 4. The molecule has 0 saturated heterocycles. The minimum atomic E-state index is -4.51. The molecular weight excluding hydrogens is 369 g/mol. The van der Waals surface area contributed by atoms with Crippen LogP contribution in [0.4, 0.5) is 19.1 Å². The first-order valence-electron chi connectivity index (χ1n) is 8.49. The van der Waals surface area contributed by atoms with E-state index in [1.54, 1.807) is 0 Å². The van der Waals surface area contributed by atoms with Gasteiger partial charge in [-0.15, -0.1) is 10.2 Å². The second-order valence-corrected chi connectivity index (χ2v) is 6.21. The summed E-state index contributed by atoms with van der Waals surface area (Å²) in [5.74, 6) is 0.398. The number of nitrogens with zero attached hydrogens (tertiary/aromatic N) is 5. The summed E-state index contributed by atoms with van der Waals surface area (Å²) < 4.78 is 41.2. The highest BCUT2D eigenvalue weighted by atomic mass is 19.4. The molecule has 1 atom stereocenters. The summed E-state index contributed by atoms with van der Waals surface area (Å²) in [7, 11) is 0. The van der Waals surface area contributed by atoms with Crippen LogP contribution in [0, 0.1) is 0 Å². The first kappa shape index (κ1) is 17.9. The van der Waals surface area contributed by atoms with Gasteiger partial charge in [0.25, 0.3) is 0 Å². The molecule has 9 heteroatoms. The van der Waals surface area contributed by atoms with Gasteiger partial charge in [-0.2, -0.15) is 22.8 Å². The zero-order valence-corrected chi connectivity index (χ0v) is 14.7. The van der Waals surface area contributed by atoms with E-state index >= 15 is 0 Å². The Morgan fingerprint density at radius 2 is 1.82 bits per heavy atom. The van der Waals surface area contributed by atoms with Crippen LogP contribution in [0.2, 0.25) is 0 Å². The average Bonchev–Trinajstić information content (AvgIpc) is 3.10. The number of aromatic nitrogens is 5. The van der Waals surface area contributed by atoms with Crippen LogP contribution >= 0.6 is 0 Å². The summed E-state index contributed by atoms with van der Waals surface area (Å²) in [6.07, 6.45) is -1.87. The summed E-state index contributed by atoms with van der Waals surface area (Å²) in [5, 5.41) is 15.5. The van der Waals surface area contributed by atoms with E-state index in [0.29, 0.717) is 11.6 Å². The Labute approximate surface area is 158 Å². The Morgan fingerprint density at radius 1 is 1.04 bits per heavy atom. The minimum Gasteiger partial charge on any atom is -0.346 e. The number of hydrogen-bond donors (Lipinski definition) is 1. The minimum absolute atomic E-state index is 0.0531. The second-order valence-electron chi connectivity index (χ2n) is 6.21. The zero-order chi connectivity index (χ0) is 19.7.